The average molecular weight is 345 g/mol. The van der Waals surface area contributed by atoms with Gasteiger partial charge in [0.25, 0.3) is 0 Å². The highest BCUT2D eigenvalue weighted by molar-refractivity contribution is 7.18. The van der Waals surface area contributed by atoms with Crippen LogP contribution in [-0.2, 0) is 6.54 Å². The lowest BCUT2D eigenvalue weighted by atomic mass is 10.4. The van der Waals surface area contributed by atoms with Crippen LogP contribution in [0.25, 0.3) is 10.7 Å². The Labute approximate surface area is 143 Å². The van der Waals surface area contributed by atoms with Crippen LogP contribution in [0.3, 0.4) is 0 Å². The zero-order valence-corrected chi connectivity index (χ0v) is 15.0. The van der Waals surface area contributed by atoms with E-state index in [-0.39, 0.29) is 0 Å². The molecule has 23 heavy (non-hydrogen) atoms. The minimum absolute atomic E-state index is 0.823. The quantitative estimate of drug-likeness (QED) is 0.723. The van der Waals surface area contributed by atoms with Gasteiger partial charge in [-0.1, -0.05) is 11.3 Å². The Morgan fingerprint density at radius 2 is 1.96 bits per heavy atom. The van der Waals surface area contributed by atoms with Crippen molar-refractivity contribution in [1.82, 2.24) is 19.5 Å². The largest absolute Gasteiger partial charge is 0.348 e. The summed E-state index contributed by atoms with van der Waals surface area (Å²) >= 11 is 3.50. The van der Waals surface area contributed by atoms with Crippen LogP contribution in [0.1, 0.15) is 28.4 Å². The molecular formula is C16H19N5S2. The minimum Gasteiger partial charge on any atom is -0.348 e. The normalized spacial score (nSPS) is 14.8. The predicted molar refractivity (Wildman–Crippen MR) is 95.5 cm³/mol. The molecule has 4 rings (SSSR count). The highest BCUT2D eigenvalue weighted by Crippen LogP contribution is 2.32. The molecule has 1 aliphatic rings. The van der Waals surface area contributed by atoms with E-state index in [2.05, 4.69) is 38.3 Å². The Kier molecular flexibility index (Phi) is 3.90. The maximum absolute atomic E-state index is 4.61. The van der Waals surface area contributed by atoms with E-state index >= 15 is 0 Å². The Bertz CT molecular complexity index is 810. The van der Waals surface area contributed by atoms with E-state index in [0.29, 0.717) is 0 Å². The molecule has 3 aromatic rings. The molecular weight excluding hydrogens is 326 g/mol. The van der Waals surface area contributed by atoms with E-state index in [1.54, 1.807) is 22.7 Å². The molecule has 0 saturated carbocycles. The number of aryl methyl sites for hydroxylation is 2. The second-order valence-corrected chi connectivity index (χ2v) is 8.12. The minimum atomic E-state index is 0.823. The van der Waals surface area contributed by atoms with Gasteiger partial charge in [-0.3, -0.25) is 0 Å². The van der Waals surface area contributed by atoms with Gasteiger partial charge in [-0.2, -0.15) is 0 Å². The summed E-state index contributed by atoms with van der Waals surface area (Å²) in [7, 11) is 0. The molecule has 7 heteroatoms. The Hall–Kier alpha value is -1.73. The second kappa shape index (κ2) is 6.05. The fourth-order valence-electron chi connectivity index (χ4n) is 2.96. The van der Waals surface area contributed by atoms with E-state index in [0.717, 1.165) is 46.2 Å². The Morgan fingerprint density at radius 1 is 1.13 bits per heavy atom. The predicted octanol–water partition coefficient (Wildman–Crippen LogP) is 3.73. The Balaban J connectivity index is 1.60. The standard InChI is InChI=1S/C16H19N5S2/c1-11-14(22-12(2)19-11)10-21-8-5-17-15(21)13-9-18-16(23-13)20-6-3-4-7-20/h5,8-9H,3-4,6-7,10H2,1-2H3. The Morgan fingerprint density at radius 3 is 2.70 bits per heavy atom. The number of hydrogen-bond donors (Lipinski definition) is 0. The van der Waals surface area contributed by atoms with Crippen molar-refractivity contribution < 1.29 is 0 Å². The molecule has 120 valence electrons. The lowest BCUT2D eigenvalue weighted by molar-refractivity contribution is 0.813. The third-order valence-electron chi connectivity index (χ3n) is 4.12. The van der Waals surface area contributed by atoms with Gasteiger partial charge in [-0.15, -0.1) is 11.3 Å². The SMILES string of the molecule is Cc1nc(C)c(Cn2ccnc2-c2cnc(N3CCCC3)s2)s1. The molecule has 4 heterocycles. The molecule has 1 fully saturated rings. The summed E-state index contributed by atoms with van der Waals surface area (Å²) < 4.78 is 2.20. The number of rotatable bonds is 4. The van der Waals surface area contributed by atoms with Crippen LogP contribution < -0.4 is 4.90 Å². The van der Waals surface area contributed by atoms with Crippen LogP contribution in [0.5, 0.6) is 0 Å². The molecule has 0 radical (unpaired) electrons. The highest BCUT2D eigenvalue weighted by Gasteiger charge is 2.18. The summed E-state index contributed by atoms with van der Waals surface area (Å²) in [6, 6.07) is 0. The summed E-state index contributed by atoms with van der Waals surface area (Å²) in [6.45, 7) is 7.21. The van der Waals surface area contributed by atoms with Crippen molar-refractivity contribution in [3.05, 3.63) is 34.2 Å². The van der Waals surface area contributed by atoms with Crippen molar-refractivity contribution in [2.75, 3.05) is 18.0 Å². The van der Waals surface area contributed by atoms with E-state index in [1.165, 1.54) is 17.7 Å². The topological polar surface area (TPSA) is 46.8 Å². The van der Waals surface area contributed by atoms with Gasteiger partial charge in [-0.05, 0) is 26.7 Å². The molecule has 0 N–H and O–H groups in total. The summed E-state index contributed by atoms with van der Waals surface area (Å²) in [5, 5.41) is 2.24. The van der Waals surface area contributed by atoms with Crippen LogP contribution in [0, 0.1) is 13.8 Å². The number of anilines is 1. The van der Waals surface area contributed by atoms with Gasteiger partial charge < -0.3 is 9.47 Å². The molecule has 0 aromatic carbocycles. The molecule has 0 bridgehead atoms. The van der Waals surface area contributed by atoms with E-state index in [9.17, 15) is 0 Å². The number of imidazole rings is 1. The number of thiazole rings is 2. The first-order valence-corrected chi connectivity index (χ1v) is 9.49. The molecule has 1 aliphatic heterocycles. The summed E-state index contributed by atoms with van der Waals surface area (Å²) in [4.78, 5) is 18.5. The number of aromatic nitrogens is 4. The average Bonchev–Trinajstić information content (AvgIpc) is 3.27. The van der Waals surface area contributed by atoms with Gasteiger partial charge >= 0.3 is 0 Å². The zero-order valence-electron chi connectivity index (χ0n) is 13.3. The van der Waals surface area contributed by atoms with Crippen LogP contribution in [0.2, 0.25) is 0 Å². The van der Waals surface area contributed by atoms with Crippen molar-refractivity contribution in [2.45, 2.75) is 33.2 Å². The summed E-state index contributed by atoms with van der Waals surface area (Å²) in [5.74, 6) is 0.999. The van der Waals surface area contributed by atoms with Gasteiger partial charge in [0.15, 0.2) is 11.0 Å². The van der Waals surface area contributed by atoms with Crippen molar-refractivity contribution in [3.63, 3.8) is 0 Å². The highest BCUT2D eigenvalue weighted by atomic mass is 32.1. The van der Waals surface area contributed by atoms with Gasteiger partial charge in [0.05, 0.1) is 28.3 Å². The zero-order chi connectivity index (χ0) is 15.8. The fourth-order valence-corrected chi connectivity index (χ4v) is 4.88. The summed E-state index contributed by atoms with van der Waals surface area (Å²) in [6.07, 6.45) is 8.41. The molecule has 3 aromatic heterocycles. The second-order valence-electron chi connectivity index (χ2n) is 5.82. The monoisotopic (exact) mass is 345 g/mol. The maximum atomic E-state index is 4.61. The molecule has 0 unspecified atom stereocenters. The number of hydrogen-bond acceptors (Lipinski definition) is 6. The van der Waals surface area contributed by atoms with Gasteiger partial charge in [0, 0.05) is 30.4 Å². The lowest BCUT2D eigenvalue weighted by Gasteiger charge is -2.12. The smallest absolute Gasteiger partial charge is 0.185 e. The van der Waals surface area contributed by atoms with Crippen molar-refractivity contribution in [1.29, 1.82) is 0 Å². The van der Waals surface area contributed by atoms with Crippen LogP contribution in [0.15, 0.2) is 18.6 Å². The van der Waals surface area contributed by atoms with E-state index in [1.807, 2.05) is 18.6 Å². The molecule has 0 aliphatic carbocycles. The number of nitrogens with zero attached hydrogens (tertiary/aromatic N) is 5. The van der Waals surface area contributed by atoms with Crippen LogP contribution in [-0.4, -0.2) is 32.6 Å². The van der Waals surface area contributed by atoms with Gasteiger partial charge in [-0.25, -0.2) is 15.0 Å². The van der Waals surface area contributed by atoms with Gasteiger partial charge in [0.1, 0.15) is 0 Å². The molecule has 5 nitrogen and oxygen atoms in total. The fraction of sp³-hybridized carbons (Fsp3) is 0.438. The molecule has 0 amide bonds. The van der Waals surface area contributed by atoms with Gasteiger partial charge in [0.2, 0.25) is 0 Å². The maximum Gasteiger partial charge on any atom is 0.185 e. The van der Waals surface area contributed by atoms with E-state index in [4.69, 9.17) is 0 Å². The molecule has 1 saturated heterocycles. The first kappa shape index (κ1) is 14.8. The molecule has 0 atom stereocenters. The third kappa shape index (κ3) is 2.90. The molecule has 0 spiro atoms. The van der Waals surface area contributed by atoms with Crippen molar-refractivity contribution in [3.8, 4) is 10.7 Å². The van der Waals surface area contributed by atoms with E-state index < -0.39 is 0 Å². The van der Waals surface area contributed by atoms with Crippen molar-refractivity contribution >= 4 is 27.8 Å². The first-order chi connectivity index (χ1) is 11.2. The summed E-state index contributed by atoms with van der Waals surface area (Å²) in [5.41, 5.74) is 1.12. The van der Waals surface area contributed by atoms with Crippen LogP contribution in [0.4, 0.5) is 5.13 Å². The third-order valence-corrected chi connectivity index (χ3v) is 6.23. The van der Waals surface area contributed by atoms with Crippen LogP contribution >= 0.6 is 22.7 Å². The van der Waals surface area contributed by atoms with Crippen molar-refractivity contribution in [2.24, 2.45) is 0 Å². The first-order valence-electron chi connectivity index (χ1n) is 7.86. The lowest BCUT2D eigenvalue weighted by Crippen LogP contribution is -2.16.